The summed E-state index contributed by atoms with van der Waals surface area (Å²) < 4.78 is 10.0. The van der Waals surface area contributed by atoms with Gasteiger partial charge in [0.2, 0.25) is 0 Å². The van der Waals surface area contributed by atoms with Gasteiger partial charge in [0.25, 0.3) is 0 Å². The van der Waals surface area contributed by atoms with Crippen molar-refractivity contribution in [3.63, 3.8) is 0 Å². The average molecular weight is 264 g/mol. The molecule has 0 aromatic heterocycles. The highest BCUT2D eigenvalue weighted by atomic mass is 32.2. The molecule has 0 amide bonds. The Labute approximate surface area is 107 Å². The van der Waals surface area contributed by atoms with E-state index in [1.165, 1.54) is 14.2 Å². The van der Waals surface area contributed by atoms with E-state index in [4.69, 9.17) is 0 Å². The van der Waals surface area contributed by atoms with Crippen molar-refractivity contribution in [3.8, 4) is 0 Å². The van der Waals surface area contributed by atoms with Crippen LogP contribution >= 0.6 is 11.8 Å². The number of rotatable bonds is 7. The van der Waals surface area contributed by atoms with E-state index in [2.05, 4.69) is 30.6 Å². The summed E-state index contributed by atoms with van der Waals surface area (Å²) in [6.45, 7) is 0. The first-order chi connectivity index (χ1) is 7.80. The van der Waals surface area contributed by atoms with Gasteiger partial charge in [-0.2, -0.15) is 0 Å². The predicted molar refractivity (Wildman–Crippen MR) is 67.5 cm³/mol. The summed E-state index contributed by atoms with van der Waals surface area (Å²) in [6.07, 6.45) is 0.0767. The molecule has 0 fully saturated rings. The molecule has 0 saturated heterocycles. The third-order valence-electron chi connectivity index (χ3n) is 1.97. The van der Waals surface area contributed by atoms with Crippen molar-refractivity contribution in [1.82, 2.24) is 0 Å². The van der Waals surface area contributed by atoms with E-state index >= 15 is 0 Å². The SMILES string of the molecule is COC(=O)CC(CSC[N+](C)(C)C)C(=O)OC. The van der Waals surface area contributed by atoms with Crippen molar-refractivity contribution in [1.29, 1.82) is 0 Å². The molecule has 100 valence electrons. The van der Waals surface area contributed by atoms with E-state index < -0.39 is 5.92 Å². The molecule has 0 rings (SSSR count). The summed E-state index contributed by atoms with van der Waals surface area (Å²) in [6, 6.07) is 0. The molecule has 0 aliphatic rings. The fourth-order valence-electron chi connectivity index (χ4n) is 1.13. The van der Waals surface area contributed by atoms with Crippen LogP contribution in [-0.4, -0.2) is 63.4 Å². The van der Waals surface area contributed by atoms with Gasteiger partial charge in [0.1, 0.15) is 5.88 Å². The predicted octanol–water partition coefficient (Wildman–Crippen LogP) is 0.736. The highest BCUT2D eigenvalue weighted by molar-refractivity contribution is 7.99. The lowest BCUT2D eigenvalue weighted by molar-refractivity contribution is -0.857. The van der Waals surface area contributed by atoms with E-state index in [1.54, 1.807) is 11.8 Å². The van der Waals surface area contributed by atoms with E-state index in [9.17, 15) is 9.59 Å². The lowest BCUT2D eigenvalue weighted by Crippen LogP contribution is -2.34. The topological polar surface area (TPSA) is 52.6 Å². The van der Waals surface area contributed by atoms with Crippen molar-refractivity contribution < 1.29 is 23.5 Å². The minimum Gasteiger partial charge on any atom is -0.469 e. The maximum Gasteiger partial charge on any atom is 0.310 e. The summed E-state index contributed by atoms with van der Waals surface area (Å²) in [4.78, 5) is 22.6. The number of thioether (sulfide) groups is 1. The number of carbonyl (C=O) groups is 2. The molecule has 6 heteroatoms. The molecule has 1 unspecified atom stereocenters. The monoisotopic (exact) mass is 264 g/mol. The Morgan fingerprint density at radius 2 is 1.76 bits per heavy atom. The number of carbonyl (C=O) groups excluding carboxylic acids is 2. The van der Waals surface area contributed by atoms with E-state index in [0.29, 0.717) is 5.75 Å². The number of methoxy groups -OCH3 is 2. The Balaban J connectivity index is 4.21. The summed E-state index contributed by atoms with van der Waals surface area (Å²) in [5.41, 5.74) is 0. The molecular weight excluding hydrogens is 242 g/mol. The van der Waals surface area contributed by atoms with E-state index in [-0.39, 0.29) is 18.4 Å². The van der Waals surface area contributed by atoms with E-state index in [1.807, 2.05) is 0 Å². The Kier molecular flexibility index (Phi) is 7.22. The van der Waals surface area contributed by atoms with Crippen LogP contribution in [0.5, 0.6) is 0 Å². The molecular formula is C11H22NO4S+. The minimum atomic E-state index is -0.427. The molecule has 0 spiro atoms. The van der Waals surface area contributed by atoms with Crippen LogP contribution < -0.4 is 0 Å². The normalized spacial score (nSPS) is 13.0. The van der Waals surface area contributed by atoms with Crippen LogP contribution in [0.3, 0.4) is 0 Å². The number of hydrogen-bond acceptors (Lipinski definition) is 5. The molecule has 0 aliphatic carbocycles. The number of quaternary nitrogens is 1. The molecule has 1 atom stereocenters. The maximum absolute atomic E-state index is 11.5. The Hall–Kier alpha value is -0.750. The van der Waals surface area contributed by atoms with Gasteiger partial charge in [0.15, 0.2) is 0 Å². The fourth-order valence-corrected chi connectivity index (χ4v) is 2.32. The maximum atomic E-state index is 11.5. The number of ether oxygens (including phenoxy) is 2. The van der Waals surface area contributed by atoms with Crippen molar-refractivity contribution in [2.75, 3.05) is 47.0 Å². The zero-order valence-corrected chi connectivity index (χ0v) is 12.0. The van der Waals surface area contributed by atoms with Gasteiger partial charge in [-0.15, -0.1) is 11.8 Å². The second-order valence-electron chi connectivity index (χ2n) is 4.79. The molecule has 0 aromatic carbocycles. The quantitative estimate of drug-likeness (QED) is 0.385. The van der Waals surface area contributed by atoms with Crippen molar-refractivity contribution >= 4 is 23.7 Å². The van der Waals surface area contributed by atoms with Crippen molar-refractivity contribution in [3.05, 3.63) is 0 Å². The zero-order valence-electron chi connectivity index (χ0n) is 11.2. The van der Waals surface area contributed by atoms with Crippen LogP contribution in [0.2, 0.25) is 0 Å². The van der Waals surface area contributed by atoms with Crippen molar-refractivity contribution in [2.24, 2.45) is 5.92 Å². The fraction of sp³-hybridized carbons (Fsp3) is 0.818. The molecule has 0 radical (unpaired) electrons. The van der Waals surface area contributed by atoms with Crippen LogP contribution in [-0.2, 0) is 19.1 Å². The summed E-state index contributed by atoms with van der Waals surface area (Å²) in [5.74, 6) is 0.269. The first kappa shape index (κ1) is 16.2. The highest BCUT2D eigenvalue weighted by Crippen LogP contribution is 2.16. The lowest BCUT2D eigenvalue weighted by atomic mass is 10.1. The second kappa shape index (κ2) is 7.55. The molecule has 0 aromatic rings. The van der Waals surface area contributed by atoms with Gasteiger partial charge in [-0.05, 0) is 0 Å². The highest BCUT2D eigenvalue weighted by Gasteiger charge is 2.24. The van der Waals surface area contributed by atoms with Crippen molar-refractivity contribution in [2.45, 2.75) is 6.42 Å². The zero-order chi connectivity index (χ0) is 13.5. The van der Waals surface area contributed by atoms with Gasteiger partial charge in [0.05, 0.1) is 47.7 Å². The van der Waals surface area contributed by atoms with Gasteiger partial charge in [-0.25, -0.2) is 0 Å². The molecule has 0 aliphatic heterocycles. The van der Waals surface area contributed by atoms with E-state index in [0.717, 1.165) is 10.4 Å². The van der Waals surface area contributed by atoms with Crippen LogP contribution in [0.25, 0.3) is 0 Å². The second-order valence-corrected chi connectivity index (χ2v) is 5.79. The molecule has 17 heavy (non-hydrogen) atoms. The standard InChI is InChI=1S/C11H22NO4S/c1-12(2,3)8-17-7-9(11(14)16-5)6-10(13)15-4/h9H,6-8H2,1-5H3/q+1. The van der Waals surface area contributed by atoms with Gasteiger partial charge in [-0.1, -0.05) is 0 Å². The van der Waals surface area contributed by atoms with Crippen LogP contribution in [0.4, 0.5) is 0 Å². The summed E-state index contributed by atoms with van der Waals surface area (Å²) in [7, 11) is 8.86. The lowest BCUT2D eigenvalue weighted by Gasteiger charge is -2.24. The first-order valence-corrected chi connectivity index (χ1v) is 6.48. The summed E-state index contributed by atoms with van der Waals surface area (Å²) in [5, 5.41) is 0. The minimum absolute atomic E-state index is 0.0767. The Bertz CT molecular complexity index is 263. The van der Waals surface area contributed by atoms with Gasteiger partial charge in [0, 0.05) is 5.75 Å². The Morgan fingerprint density at radius 1 is 1.18 bits per heavy atom. The third kappa shape index (κ3) is 8.04. The average Bonchev–Trinajstić information content (AvgIpc) is 2.24. The largest absolute Gasteiger partial charge is 0.469 e. The molecule has 5 nitrogen and oxygen atoms in total. The third-order valence-corrected chi connectivity index (χ3v) is 3.57. The first-order valence-electron chi connectivity index (χ1n) is 5.33. The Morgan fingerprint density at radius 3 is 2.18 bits per heavy atom. The van der Waals surface area contributed by atoms with Crippen LogP contribution in [0, 0.1) is 5.92 Å². The van der Waals surface area contributed by atoms with Gasteiger partial charge < -0.3 is 14.0 Å². The number of hydrogen-bond donors (Lipinski definition) is 0. The smallest absolute Gasteiger partial charge is 0.310 e. The molecule has 0 bridgehead atoms. The molecule has 0 heterocycles. The summed E-state index contributed by atoms with van der Waals surface area (Å²) >= 11 is 1.63. The number of nitrogens with zero attached hydrogens (tertiary/aromatic N) is 1. The van der Waals surface area contributed by atoms with Gasteiger partial charge >= 0.3 is 11.9 Å². The van der Waals surface area contributed by atoms with Gasteiger partial charge in [-0.3, -0.25) is 9.59 Å². The number of esters is 2. The van der Waals surface area contributed by atoms with Crippen LogP contribution in [0.1, 0.15) is 6.42 Å². The molecule has 0 saturated carbocycles. The molecule has 0 N–H and O–H groups in total. The van der Waals surface area contributed by atoms with Crippen LogP contribution in [0.15, 0.2) is 0 Å².